The summed E-state index contributed by atoms with van der Waals surface area (Å²) in [5.74, 6) is 0. The van der Waals surface area contributed by atoms with Gasteiger partial charge in [-0.1, -0.05) is 0 Å². The molecule has 0 radical (unpaired) electrons. The summed E-state index contributed by atoms with van der Waals surface area (Å²) in [7, 11) is 0. The second-order valence-electron chi connectivity index (χ2n) is 11.2. The molecule has 45 heavy (non-hydrogen) atoms. The van der Waals surface area contributed by atoms with E-state index >= 15 is 0 Å². The van der Waals surface area contributed by atoms with Crippen LogP contribution in [-0.2, 0) is 33.2 Å². The second-order valence-corrected chi connectivity index (χ2v) is 11.2. The lowest BCUT2D eigenvalue weighted by molar-refractivity contribution is -0.370. The molecule has 20 atom stereocenters. The van der Waals surface area contributed by atoms with Gasteiger partial charge in [-0.05, 0) is 0 Å². The molecular weight excluding hydrogens is 624 g/mol. The zero-order chi connectivity index (χ0) is 33.3. The van der Waals surface area contributed by atoms with E-state index in [0.717, 1.165) is 0 Å². The van der Waals surface area contributed by atoms with Crippen molar-refractivity contribution >= 4 is 0 Å². The van der Waals surface area contributed by atoms with Gasteiger partial charge < -0.3 is 105 Å². The topological polar surface area (TPSA) is 348 Å². The fourth-order valence-electron chi connectivity index (χ4n) is 5.33. The SMILES string of the molecule is OC[C@H]1O[C@H](O[C@H]2[C@H](O)[C@H](O)[C@@H](OC[C@H]3O[C@H](O)[C@H](O)[C@@H](O)[C@@H]3O)O[C@@H]2CO[C@@H]2O[C@H](CO)[C@@H](O)[C@H](O)[C@H]2O)[C@H](O)[C@@H](O)[C@H]1O. The predicted molar refractivity (Wildman–Crippen MR) is 134 cm³/mol. The van der Waals surface area contributed by atoms with Crippen LogP contribution in [0.25, 0.3) is 0 Å². The van der Waals surface area contributed by atoms with Crippen molar-refractivity contribution in [1.82, 2.24) is 0 Å². The summed E-state index contributed by atoms with van der Waals surface area (Å²) < 4.78 is 37.9. The fourth-order valence-corrected chi connectivity index (χ4v) is 5.33. The van der Waals surface area contributed by atoms with Gasteiger partial charge in [-0.25, -0.2) is 0 Å². The van der Waals surface area contributed by atoms with Gasteiger partial charge in [0, 0.05) is 0 Å². The highest BCUT2D eigenvalue weighted by Crippen LogP contribution is 2.31. The summed E-state index contributed by atoms with van der Waals surface area (Å²) in [5.41, 5.74) is 0. The first-order chi connectivity index (χ1) is 21.2. The van der Waals surface area contributed by atoms with Gasteiger partial charge in [0.15, 0.2) is 25.2 Å². The average molecular weight is 667 g/mol. The Labute approximate surface area is 254 Å². The van der Waals surface area contributed by atoms with E-state index in [2.05, 4.69) is 0 Å². The van der Waals surface area contributed by atoms with Crippen LogP contribution in [0.4, 0.5) is 0 Å². The Balaban J connectivity index is 1.51. The van der Waals surface area contributed by atoms with E-state index in [-0.39, 0.29) is 0 Å². The molecule has 264 valence electrons. The maximum atomic E-state index is 11.0. The van der Waals surface area contributed by atoms with Crippen molar-refractivity contribution in [3.05, 3.63) is 0 Å². The normalized spacial score (nSPS) is 52.9. The Morgan fingerprint density at radius 1 is 0.378 bits per heavy atom. The Morgan fingerprint density at radius 3 is 1.31 bits per heavy atom. The number of ether oxygens (including phenoxy) is 7. The predicted octanol–water partition coefficient (Wildman–Crippen LogP) is -9.75. The third-order valence-corrected chi connectivity index (χ3v) is 8.17. The molecule has 0 spiro atoms. The fraction of sp³-hybridized carbons (Fsp3) is 1.00. The standard InChI is InChI=1S/C24H42O21/c25-1-5-9(27)13(31)17(35)22(42-5)40-4-8-20(45-24-18(36)14(32)10(28)6(2-26)43-24)15(33)19(37)23(44-8)39-3-7-11(29)12(30)16(34)21(38)41-7/h5-38H,1-4H2/t5-,6-,7-,8-,9-,10+,11-,12+,13+,14+,15-,16-,17-,18-,19+,20-,21+,22-,23+,24-/m1/s1. The Hall–Kier alpha value is -0.840. The number of rotatable bonds is 10. The maximum absolute atomic E-state index is 11.0. The molecule has 0 aromatic carbocycles. The molecule has 0 amide bonds. The van der Waals surface area contributed by atoms with Gasteiger partial charge >= 0.3 is 0 Å². The molecule has 0 aromatic heterocycles. The average Bonchev–Trinajstić information content (AvgIpc) is 3.03. The van der Waals surface area contributed by atoms with E-state index < -0.39 is 149 Å². The van der Waals surface area contributed by atoms with E-state index in [4.69, 9.17) is 33.2 Å². The summed E-state index contributed by atoms with van der Waals surface area (Å²) in [5, 5.41) is 141. The Kier molecular flexibility index (Phi) is 12.8. The number of aliphatic hydroxyl groups excluding tert-OH is 14. The minimum Gasteiger partial charge on any atom is -0.394 e. The molecule has 4 aliphatic heterocycles. The van der Waals surface area contributed by atoms with Crippen molar-refractivity contribution in [1.29, 1.82) is 0 Å². The van der Waals surface area contributed by atoms with Crippen molar-refractivity contribution in [2.45, 2.75) is 123 Å². The van der Waals surface area contributed by atoms with Crippen molar-refractivity contribution < 1.29 is 105 Å². The smallest absolute Gasteiger partial charge is 0.187 e. The van der Waals surface area contributed by atoms with Gasteiger partial charge in [-0.2, -0.15) is 0 Å². The molecule has 0 aliphatic carbocycles. The van der Waals surface area contributed by atoms with Crippen molar-refractivity contribution in [3.8, 4) is 0 Å². The highest BCUT2D eigenvalue weighted by atomic mass is 16.8. The first-order valence-corrected chi connectivity index (χ1v) is 14.1. The molecule has 21 nitrogen and oxygen atoms in total. The molecule has 14 N–H and O–H groups in total. The molecule has 0 aromatic rings. The van der Waals surface area contributed by atoms with Gasteiger partial charge in [-0.15, -0.1) is 0 Å². The van der Waals surface area contributed by atoms with E-state index in [1.807, 2.05) is 0 Å². The lowest BCUT2D eigenvalue weighted by atomic mass is 9.96. The van der Waals surface area contributed by atoms with Crippen LogP contribution in [0.2, 0.25) is 0 Å². The molecule has 21 heteroatoms. The van der Waals surface area contributed by atoms with Gasteiger partial charge in [0.1, 0.15) is 97.7 Å². The van der Waals surface area contributed by atoms with E-state index in [1.165, 1.54) is 0 Å². The van der Waals surface area contributed by atoms with Gasteiger partial charge in [0.25, 0.3) is 0 Å². The molecule has 0 unspecified atom stereocenters. The van der Waals surface area contributed by atoms with Crippen LogP contribution < -0.4 is 0 Å². The Bertz CT molecular complexity index is 914. The van der Waals surface area contributed by atoms with Crippen molar-refractivity contribution in [2.75, 3.05) is 26.4 Å². The minimum atomic E-state index is -1.98. The second kappa shape index (κ2) is 15.6. The summed E-state index contributed by atoms with van der Waals surface area (Å²) in [6, 6.07) is 0. The molecule has 4 rings (SSSR count). The number of hydrogen-bond donors (Lipinski definition) is 14. The van der Waals surface area contributed by atoms with Crippen LogP contribution in [0.5, 0.6) is 0 Å². The summed E-state index contributed by atoms with van der Waals surface area (Å²) >= 11 is 0. The number of hydrogen-bond acceptors (Lipinski definition) is 21. The van der Waals surface area contributed by atoms with Gasteiger partial charge in [-0.3, -0.25) is 0 Å². The maximum Gasteiger partial charge on any atom is 0.187 e. The lowest BCUT2D eigenvalue weighted by Gasteiger charge is -2.47. The molecule has 0 saturated carbocycles. The summed E-state index contributed by atoms with van der Waals surface area (Å²) in [6.45, 7) is -2.99. The molecule has 4 saturated heterocycles. The van der Waals surface area contributed by atoms with Crippen LogP contribution in [0.1, 0.15) is 0 Å². The van der Waals surface area contributed by atoms with E-state index in [1.54, 1.807) is 0 Å². The monoisotopic (exact) mass is 666 g/mol. The summed E-state index contributed by atoms with van der Waals surface area (Å²) in [4.78, 5) is 0. The number of aliphatic hydroxyl groups is 14. The first kappa shape index (κ1) is 37.0. The van der Waals surface area contributed by atoms with Crippen LogP contribution in [-0.4, -0.2) is 221 Å². The molecule has 0 bridgehead atoms. The zero-order valence-electron chi connectivity index (χ0n) is 23.5. The third-order valence-electron chi connectivity index (χ3n) is 8.17. The minimum absolute atomic E-state index is 0.686. The largest absolute Gasteiger partial charge is 0.394 e. The van der Waals surface area contributed by atoms with E-state index in [9.17, 15) is 71.5 Å². The molecule has 4 aliphatic rings. The van der Waals surface area contributed by atoms with Crippen LogP contribution in [0, 0.1) is 0 Å². The van der Waals surface area contributed by atoms with Crippen molar-refractivity contribution in [3.63, 3.8) is 0 Å². The van der Waals surface area contributed by atoms with Gasteiger partial charge in [0.05, 0.1) is 26.4 Å². The highest BCUT2D eigenvalue weighted by Gasteiger charge is 2.52. The molecular formula is C24H42O21. The van der Waals surface area contributed by atoms with Crippen molar-refractivity contribution in [2.24, 2.45) is 0 Å². The molecule has 4 fully saturated rings. The molecule has 4 heterocycles. The van der Waals surface area contributed by atoms with Crippen LogP contribution in [0.3, 0.4) is 0 Å². The summed E-state index contributed by atoms with van der Waals surface area (Å²) in [6.07, 6.45) is -35.0. The first-order valence-electron chi connectivity index (χ1n) is 14.1. The van der Waals surface area contributed by atoms with Crippen LogP contribution in [0.15, 0.2) is 0 Å². The highest BCUT2D eigenvalue weighted by molar-refractivity contribution is 4.96. The van der Waals surface area contributed by atoms with E-state index in [0.29, 0.717) is 0 Å². The van der Waals surface area contributed by atoms with Crippen LogP contribution >= 0.6 is 0 Å². The van der Waals surface area contributed by atoms with Gasteiger partial charge in [0.2, 0.25) is 0 Å². The third kappa shape index (κ3) is 7.75. The lowest BCUT2D eigenvalue weighted by Crippen LogP contribution is -2.65. The quantitative estimate of drug-likeness (QED) is 0.103. The zero-order valence-corrected chi connectivity index (χ0v) is 23.5. The Morgan fingerprint density at radius 2 is 0.778 bits per heavy atom.